The van der Waals surface area contributed by atoms with Gasteiger partial charge < -0.3 is 5.32 Å². The standard InChI is InChI=1S/C11H13BrN4/c1-13-6-11-14-8-16(15-11)7-9-4-2-3-5-10(9)12/h2-5,8,13H,6-7H2,1H3. The molecule has 0 bridgehead atoms. The second kappa shape index (κ2) is 5.23. The molecule has 0 spiro atoms. The summed E-state index contributed by atoms with van der Waals surface area (Å²) in [5.74, 6) is 0.814. The fraction of sp³-hybridized carbons (Fsp3) is 0.273. The molecule has 1 aromatic carbocycles. The highest BCUT2D eigenvalue weighted by molar-refractivity contribution is 9.10. The number of nitrogens with zero attached hydrogens (tertiary/aromatic N) is 3. The van der Waals surface area contributed by atoms with Crippen molar-refractivity contribution < 1.29 is 0 Å². The van der Waals surface area contributed by atoms with E-state index in [1.807, 2.05) is 29.9 Å². The molecule has 4 nitrogen and oxygen atoms in total. The first kappa shape index (κ1) is 11.3. The van der Waals surface area contributed by atoms with Gasteiger partial charge in [0.2, 0.25) is 0 Å². The monoisotopic (exact) mass is 280 g/mol. The Morgan fingerprint density at radius 2 is 2.19 bits per heavy atom. The van der Waals surface area contributed by atoms with Crippen LogP contribution in [0.1, 0.15) is 11.4 Å². The van der Waals surface area contributed by atoms with Gasteiger partial charge in [-0.05, 0) is 18.7 Å². The Morgan fingerprint density at radius 3 is 2.94 bits per heavy atom. The average Bonchev–Trinajstić information content (AvgIpc) is 2.70. The normalized spacial score (nSPS) is 10.6. The van der Waals surface area contributed by atoms with E-state index in [9.17, 15) is 0 Å². The second-order valence-electron chi connectivity index (χ2n) is 3.48. The van der Waals surface area contributed by atoms with Crippen LogP contribution in [0.5, 0.6) is 0 Å². The van der Waals surface area contributed by atoms with E-state index in [0.717, 1.165) is 16.8 Å². The van der Waals surface area contributed by atoms with Gasteiger partial charge in [0.1, 0.15) is 6.33 Å². The Bertz CT molecular complexity index is 467. The van der Waals surface area contributed by atoms with Crippen LogP contribution in [0.3, 0.4) is 0 Å². The Morgan fingerprint density at radius 1 is 1.38 bits per heavy atom. The summed E-state index contributed by atoms with van der Waals surface area (Å²) in [4.78, 5) is 4.21. The van der Waals surface area contributed by atoms with Gasteiger partial charge in [-0.3, -0.25) is 0 Å². The zero-order valence-electron chi connectivity index (χ0n) is 9.02. The minimum atomic E-state index is 0.697. The minimum Gasteiger partial charge on any atom is -0.313 e. The van der Waals surface area contributed by atoms with Crippen molar-refractivity contribution in [1.82, 2.24) is 20.1 Å². The van der Waals surface area contributed by atoms with Crippen molar-refractivity contribution in [2.75, 3.05) is 7.05 Å². The summed E-state index contributed by atoms with van der Waals surface area (Å²) in [6.45, 7) is 1.43. The lowest BCUT2D eigenvalue weighted by molar-refractivity contribution is 0.657. The Kier molecular flexibility index (Phi) is 3.69. The summed E-state index contributed by atoms with van der Waals surface area (Å²) in [6.07, 6.45) is 1.76. The molecule has 2 rings (SSSR count). The average molecular weight is 281 g/mol. The molecule has 0 aliphatic rings. The topological polar surface area (TPSA) is 42.7 Å². The minimum absolute atomic E-state index is 0.697. The SMILES string of the molecule is CNCc1ncn(Cc2ccccc2Br)n1. The van der Waals surface area contributed by atoms with E-state index in [2.05, 4.69) is 37.4 Å². The van der Waals surface area contributed by atoms with Crippen LogP contribution in [-0.2, 0) is 13.1 Å². The number of halogens is 1. The number of benzene rings is 1. The molecule has 0 saturated carbocycles. The van der Waals surface area contributed by atoms with Gasteiger partial charge in [0.05, 0.1) is 13.1 Å². The predicted octanol–water partition coefficient (Wildman–Crippen LogP) is 1.81. The predicted molar refractivity (Wildman–Crippen MR) is 66.0 cm³/mol. The first-order chi connectivity index (χ1) is 7.79. The summed E-state index contributed by atoms with van der Waals surface area (Å²) >= 11 is 3.52. The van der Waals surface area contributed by atoms with Crippen LogP contribution in [0.15, 0.2) is 35.1 Å². The molecular weight excluding hydrogens is 268 g/mol. The van der Waals surface area contributed by atoms with Crippen molar-refractivity contribution in [3.63, 3.8) is 0 Å². The smallest absolute Gasteiger partial charge is 0.164 e. The maximum atomic E-state index is 4.36. The molecule has 5 heteroatoms. The highest BCUT2D eigenvalue weighted by Crippen LogP contribution is 2.16. The molecule has 16 heavy (non-hydrogen) atoms. The fourth-order valence-electron chi connectivity index (χ4n) is 1.45. The van der Waals surface area contributed by atoms with E-state index in [-0.39, 0.29) is 0 Å². The first-order valence-corrected chi connectivity index (χ1v) is 5.85. The third-order valence-electron chi connectivity index (χ3n) is 2.21. The van der Waals surface area contributed by atoms with Crippen LogP contribution in [0.2, 0.25) is 0 Å². The number of nitrogens with one attached hydrogen (secondary N) is 1. The van der Waals surface area contributed by atoms with E-state index in [0.29, 0.717) is 6.54 Å². The van der Waals surface area contributed by atoms with Crippen LogP contribution >= 0.6 is 15.9 Å². The Hall–Kier alpha value is -1.20. The zero-order chi connectivity index (χ0) is 11.4. The van der Waals surface area contributed by atoms with Gasteiger partial charge >= 0.3 is 0 Å². The highest BCUT2D eigenvalue weighted by atomic mass is 79.9. The van der Waals surface area contributed by atoms with Crippen LogP contribution in [0, 0.1) is 0 Å². The largest absolute Gasteiger partial charge is 0.313 e. The van der Waals surface area contributed by atoms with Crippen molar-refractivity contribution >= 4 is 15.9 Å². The third kappa shape index (κ3) is 2.68. The Balaban J connectivity index is 2.11. The Labute approximate surface area is 103 Å². The van der Waals surface area contributed by atoms with Gasteiger partial charge in [0, 0.05) is 4.47 Å². The second-order valence-corrected chi connectivity index (χ2v) is 4.33. The molecular formula is C11H13BrN4. The highest BCUT2D eigenvalue weighted by Gasteiger charge is 2.02. The van der Waals surface area contributed by atoms with Gasteiger partial charge in [-0.25, -0.2) is 9.67 Å². The lowest BCUT2D eigenvalue weighted by Crippen LogP contribution is -2.08. The third-order valence-corrected chi connectivity index (χ3v) is 2.98. The molecule has 0 saturated heterocycles. The molecule has 0 aliphatic carbocycles. The van der Waals surface area contributed by atoms with E-state index in [1.165, 1.54) is 5.56 Å². The van der Waals surface area contributed by atoms with Crippen LogP contribution in [0.4, 0.5) is 0 Å². The molecule has 0 amide bonds. The fourth-order valence-corrected chi connectivity index (χ4v) is 1.86. The summed E-state index contributed by atoms with van der Waals surface area (Å²) in [5.41, 5.74) is 1.20. The first-order valence-electron chi connectivity index (χ1n) is 5.06. The summed E-state index contributed by atoms with van der Waals surface area (Å²) < 4.78 is 2.94. The number of hydrogen-bond donors (Lipinski definition) is 1. The summed E-state index contributed by atoms with van der Waals surface area (Å²) in [7, 11) is 1.88. The zero-order valence-corrected chi connectivity index (χ0v) is 10.6. The van der Waals surface area contributed by atoms with Crippen LogP contribution in [0.25, 0.3) is 0 Å². The van der Waals surface area contributed by atoms with Crippen molar-refractivity contribution in [2.45, 2.75) is 13.1 Å². The quantitative estimate of drug-likeness (QED) is 0.929. The summed E-state index contributed by atoms with van der Waals surface area (Å²) in [5, 5.41) is 7.38. The molecule has 0 radical (unpaired) electrons. The van der Waals surface area contributed by atoms with Crippen LogP contribution in [-0.4, -0.2) is 21.8 Å². The molecule has 84 valence electrons. The number of rotatable bonds is 4. The summed E-state index contributed by atoms with van der Waals surface area (Å²) in [6, 6.07) is 8.12. The molecule has 1 N–H and O–H groups in total. The van der Waals surface area contributed by atoms with Gasteiger partial charge in [-0.15, -0.1) is 0 Å². The van der Waals surface area contributed by atoms with Gasteiger partial charge in [0.25, 0.3) is 0 Å². The van der Waals surface area contributed by atoms with Gasteiger partial charge in [-0.1, -0.05) is 34.1 Å². The maximum absolute atomic E-state index is 4.36. The van der Waals surface area contributed by atoms with Gasteiger partial charge in [-0.2, -0.15) is 5.10 Å². The van der Waals surface area contributed by atoms with Crippen molar-refractivity contribution in [1.29, 1.82) is 0 Å². The number of aromatic nitrogens is 3. The lowest BCUT2D eigenvalue weighted by Gasteiger charge is -2.03. The lowest BCUT2D eigenvalue weighted by atomic mass is 10.2. The van der Waals surface area contributed by atoms with Crippen molar-refractivity contribution in [3.05, 3.63) is 46.5 Å². The molecule has 1 aromatic heterocycles. The van der Waals surface area contributed by atoms with E-state index in [4.69, 9.17) is 0 Å². The van der Waals surface area contributed by atoms with Gasteiger partial charge in [0.15, 0.2) is 5.82 Å². The maximum Gasteiger partial charge on any atom is 0.164 e. The van der Waals surface area contributed by atoms with Crippen LogP contribution < -0.4 is 5.32 Å². The molecule has 0 atom stereocenters. The van der Waals surface area contributed by atoms with Crippen molar-refractivity contribution in [3.8, 4) is 0 Å². The van der Waals surface area contributed by atoms with E-state index < -0.39 is 0 Å². The van der Waals surface area contributed by atoms with E-state index >= 15 is 0 Å². The molecule has 0 unspecified atom stereocenters. The molecule has 2 aromatic rings. The number of hydrogen-bond acceptors (Lipinski definition) is 3. The molecule has 0 aliphatic heterocycles. The van der Waals surface area contributed by atoms with Crippen molar-refractivity contribution in [2.24, 2.45) is 0 Å². The van der Waals surface area contributed by atoms with E-state index in [1.54, 1.807) is 6.33 Å². The molecule has 1 heterocycles. The molecule has 0 fully saturated rings.